The second-order valence-corrected chi connectivity index (χ2v) is 48.9. The first-order valence-corrected chi connectivity index (χ1v) is 59.0. The van der Waals surface area contributed by atoms with Crippen LogP contribution in [0.5, 0.6) is 0 Å². The highest BCUT2D eigenvalue weighted by atomic mass is 32.1. The Labute approximate surface area is 822 Å². The van der Waals surface area contributed by atoms with Gasteiger partial charge in [-0.05, 0) is 235 Å². The molecule has 0 aromatic carbocycles. The maximum absolute atomic E-state index is 5.92. The third-order valence-corrected chi connectivity index (χ3v) is 38.4. The first-order chi connectivity index (χ1) is 62.8. The van der Waals surface area contributed by atoms with Gasteiger partial charge in [0.25, 0.3) is 0 Å². The SMILES string of the molecule is CCCCCCCCCCCCc1cc(C)sc1-c1ccc(-c2ccc(-c3sc(C)cc3CCCCCCCCCCCC)s2)s1.CCCCCCCCCCc1cc(C)sc1-c1ccc(-c2ccc(-c3sc(C)cc3CCCCCCCCCC)s2)s1.COCCOCCOCc1cc(C)sc1-c1ccc(-c2ccc(-c3sc(C)cc3COCCOCCOC)s2)s1. The van der Waals surface area contributed by atoms with Gasteiger partial charge in [0.1, 0.15) is 0 Å². The molecule has 0 fully saturated rings. The average Bonchev–Trinajstić information content (AvgIpc) is 1.66. The smallest absolute Gasteiger partial charge is 0.0732 e. The van der Waals surface area contributed by atoms with E-state index in [9.17, 15) is 0 Å². The zero-order valence-electron chi connectivity index (χ0n) is 80.1. The lowest BCUT2D eigenvalue weighted by Gasteiger charge is -2.06. The molecule has 702 valence electrons. The van der Waals surface area contributed by atoms with Crippen LogP contribution in [0.1, 0.15) is 321 Å². The highest BCUT2D eigenvalue weighted by molar-refractivity contribution is 7.30. The van der Waals surface area contributed by atoms with Gasteiger partial charge >= 0.3 is 0 Å². The lowest BCUT2D eigenvalue weighted by molar-refractivity contribution is 0.0201. The van der Waals surface area contributed by atoms with E-state index >= 15 is 0 Å². The number of aryl methyl sites for hydroxylation is 10. The number of hydrogen-bond acceptors (Lipinski definition) is 18. The van der Waals surface area contributed by atoms with Crippen molar-refractivity contribution in [2.75, 3.05) is 67.1 Å². The van der Waals surface area contributed by atoms with Crippen LogP contribution in [0.3, 0.4) is 0 Å². The standard InChI is InChI=1S/C42H62S4.C38H54S4.C30H38O6S4/c1-5-7-9-11-13-15-17-19-21-23-25-35-31-33(3)43-41(35)39-29-27-37(45-39)38-28-30-40(46-38)42-36(32-34(4)44-42)26-24-22-20-18-16-14-12-10-8-6-2;1-5-7-9-11-13-15-17-19-21-31-27-29(3)39-37(31)35-25-23-33(41-35)34-24-26-36(42-34)38-32(28-30(4)40-38)22-20-18-16-14-12-10-8-6-2;1-21-17-23(19-35-15-13-33-11-9-31-3)29(37-21)27-7-5-25(39-27)26-6-8-28(40-26)30-24(18-22(2)38-30)20-36-16-14-34-12-10-32-4/h27-32H,5-26H2,1-4H3;23-28H,5-22H2,1-4H3;5-8,17-18H,9-16,19-20H2,1-4H3. The normalized spacial score (nSPS) is 11.6. The maximum atomic E-state index is 5.92. The second-order valence-electron chi connectivity index (χ2n) is 34.9. The van der Waals surface area contributed by atoms with E-state index in [2.05, 4.69) is 178 Å². The first kappa shape index (κ1) is 106. The lowest BCUT2D eigenvalue weighted by atomic mass is 10.0. The van der Waals surface area contributed by atoms with Crippen LogP contribution in [0, 0.1) is 41.5 Å². The molecule has 0 saturated heterocycles. The second kappa shape index (κ2) is 62.0. The summed E-state index contributed by atoms with van der Waals surface area (Å²) in [5, 5.41) is 0. The molecular formula is C110H154O6S12. The van der Waals surface area contributed by atoms with Crippen molar-refractivity contribution in [3.63, 3.8) is 0 Å². The molecule has 0 N–H and O–H groups in total. The van der Waals surface area contributed by atoms with Gasteiger partial charge in [0.2, 0.25) is 0 Å². The van der Waals surface area contributed by atoms with Gasteiger partial charge in [-0.1, -0.05) is 233 Å². The van der Waals surface area contributed by atoms with Gasteiger partial charge < -0.3 is 28.4 Å². The summed E-state index contributed by atoms with van der Waals surface area (Å²) in [5.74, 6) is 0. The maximum Gasteiger partial charge on any atom is 0.0732 e. The lowest BCUT2D eigenvalue weighted by Crippen LogP contribution is -2.08. The summed E-state index contributed by atoms with van der Waals surface area (Å²) in [6.07, 6.45) is 55.2. The van der Waals surface area contributed by atoms with Crippen molar-refractivity contribution in [3.05, 3.63) is 172 Å². The molecule has 18 heteroatoms. The molecule has 12 rings (SSSR count). The van der Waals surface area contributed by atoms with E-state index in [0.29, 0.717) is 66.1 Å². The van der Waals surface area contributed by atoms with E-state index in [0.717, 1.165) is 0 Å². The molecule has 0 unspecified atom stereocenters. The predicted molar refractivity (Wildman–Crippen MR) is 580 cm³/mol. The van der Waals surface area contributed by atoms with Gasteiger partial charge in [-0.3, -0.25) is 0 Å². The fourth-order valence-electron chi connectivity index (χ4n) is 16.8. The van der Waals surface area contributed by atoms with Crippen molar-refractivity contribution < 1.29 is 28.4 Å². The highest BCUT2D eigenvalue weighted by Crippen LogP contribution is 2.50. The predicted octanol–water partition coefficient (Wildman–Crippen LogP) is 39.3. The van der Waals surface area contributed by atoms with Crippen LogP contribution in [0.4, 0.5) is 0 Å². The molecule has 6 nitrogen and oxygen atoms in total. The Balaban J connectivity index is 0.000000200. The minimum atomic E-state index is 0.573. The number of unbranched alkanes of at least 4 members (excludes halogenated alkanes) is 32. The Morgan fingerprint density at radius 3 is 0.547 bits per heavy atom. The largest absolute Gasteiger partial charge is 0.382 e. The number of hydrogen-bond donors (Lipinski definition) is 0. The molecular weight excluding hydrogens is 1800 g/mol. The van der Waals surface area contributed by atoms with Crippen molar-refractivity contribution in [2.45, 2.75) is 339 Å². The summed E-state index contributed by atoms with van der Waals surface area (Å²) in [5.41, 5.74) is 8.78. The molecule has 0 amide bonds. The van der Waals surface area contributed by atoms with Crippen LogP contribution in [0.25, 0.3) is 87.8 Å². The van der Waals surface area contributed by atoms with Crippen LogP contribution in [-0.2, 0) is 67.3 Å². The van der Waals surface area contributed by atoms with E-state index in [1.165, 1.54) is 385 Å². The van der Waals surface area contributed by atoms with Gasteiger partial charge in [-0.2, -0.15) is 0 Å². The summed E-state index contributed by atoms with van der Waals surface area (Å²) < 4.78 is 32.9. The summed E-state index contributed by atoms with van der Waals surface area (Å²) >= 11 is 23.3. The minimum absolute atomic E-state index is 0.573. The van der Waals surface area contributed by atoms with Crippen LogP contribution in [0.15, 0.2) is 109 Å². The Bertz CT molecular complexity index is 4610. The van der Waals surface area contributed by atoms with E-state index in [4.69, 9.17) is 28.4 Å². The van der Waals surface area contributed by atoms with Crippen molar-refractivity contribution in [2.24, 2.45) is 0 Å². The van der Waals surface area contributed by atoms with Gasteiger partial charge in [0.05, 0.1) is 75.8 Å². The van der Waals surface area contributed by atoms with E-state index in [1.54, 1.807) is 36.5 Å². The molecule has 0 atom stereocenters. The molecule has 128 heavy (non-hydrogen) atoms. The monoisotopic (exact) mass is 1950 g/mol. The van der Waals surface area contributed by atoms with Gasteiger partial charge in [-0.25, -0.2) is 0 Å². The molecule has 12 aromatic rings. The Hall–Kier alpha value is -3.84. The van der Waals surface area contributed by atoms with Crippen LogP contribution < -0.4 is 0 Å². The molecule has 12 aromatic heterocycles. The Kier molecular flexibility index (Phi) is 51.5. The Morgan fingerprint density at radius 1 is 0.180 bits per heavy atom. The number of rotatable bonds is 65. The number of methoxy groups -OCH3 is 2. The minimum Gasteiger partial charge on any atom is -0.382 e. The summed E-state index contributed by atoms with van der Waals surface area (Å²) in [7, 11) is 3.35. The third-order valence-electron chi connectivity index (χ3n) is 23.6. The molecule has 0 aliphatic rings. The third kappa shape index (κ3) is 37.0. The van der Waals surface area contributed by atoms with E-state index < -0.39 is 0 Å². The zero-order chi connectivity index (χ0) is 90.1. The Morgan fingerprint density at radius 2 is 0.344 bits per heavy atom. The molecule has 12 heterocycles. The first-order valence-electron chi connectivity index (χ1n) is 49.2. The molecule has 0 aliphatic carbocycles. The molecule has 0 aliphatic heterocycles. The van der Waals surface area contributed by atoms with Gasteiger partial charge in [-0.15, -0.1) is 136 Å². The highest BCUT2D eigenvalue weighted by Gasteiger charge is 2.22. The van der Waals surface area contributed by atoms with Gasteiger partial charge in [0, 0.05) is 122 Å². The zero-order valence-corrected chi connectivity index (χ0v) is 89.9. The van der Waals surface area contributed by atoms with Crippen molar-refractivity contribution >= 4 is 136 Å². The fraction of sp³-hybridized carbons (Fsp3) is 0.564. The van der Waals surface area contributed by atoms with Crippen molar-refractivity contribution in [1.82, 2.24) is 0 Å². The van der Waals surface area contributed by atoms with Crippen LogP contribution >= 0.6 is 136 Å². The van der Waals surface area contributed by atoms with Crippen LogP contribution in [0.2, 0.25) is 0 Å². The molecule has 0 spiro atoms. The van der Waals surface area contributed by atoms with Crippen molar-refractivity contribution in [3.8, 4) is 87.8 Å². The molecule has 0 radical (unpaired) electrons. The van der Waals surface area contributed by atoms with E-state index in [-0.39, 0.29) is 0 Å². The van der Waals surface area contributed by atoms with Crippen LogP contribution in [-0.4, -0.2) is 67.1 Å². The quantitative estimate of drug-likeness (QED) is 0.0354. The number of thiophene rings is 12. The van der Waals surface area contributed by atoms with Crippen molar-refractivity contribution in [1.29, 1.82) is 0 Å². The summed E-state index contributed by atoms with van der Waals surface area (Å²) in [4.78, 5) is 33.7. The topological polar surface area (TPSA) is 55.4 Å². The molecule has 0 bridgehead atoms. The fourth-order valence-corrected chi connectivity index (χ4v) is 30.2. The average molecular weight is 1960 g/mol. The van der Waals surface area contributed by atoms with E-state index in [1.807, 2.05) is 136 Å². The summed E-state index contributed by atoms with van der Waals surface area (Å²) in [6.45, 7) is 28.5. The number of ether oxygens (including phenoxy) is 6. The summed E-state index contributed by atoms with van der Waals surface area (Å²) in [6, 6.07) is 42.3. The van der Waals surface area contributed by atoms with Gasteiger partial charge in [0.15, 0.2) is 0 Å². The molecule has 0 saturated carbocycles.